The summed E-state index contributed by atoms with van der Waals surface area (Å²) in [5.74, 6) is -0.641. The number of nitrogens with zero attached hydrogens (tertiary/aromatic N) is 1. The molecule has 0 radical (unpaired) electrons. The van der Waals surface area contributed by atoms with Crippen LogP contribution in [-0.4, -0.2) is 65.6 Å². The molecule has 2 aromatic carbocycles. The second-order valence-electron chi connectivity index (χ2n) is 7.54. The van der Waals surface area contributed by atoms with Crippen molar-refractivity contribution in [3.05, 3.63) is 59.2 Å². The lowest BCUT2D eigenvalue weighted by atomic mass is 10.2. The summed E-state index contributed by atoms with van der Waals surface area (Å²) in [6.07, 6.45) is 0. The van der Waals surface area contributed by atoms with E-state index in [9.17, 15) is 21.6 Å². The third-order valence-corrected chi connectivity index (χ3v) is 8.44. The molecule has 32 heavy (non-hydrogen) atoms. The summed E-state index contributed by atoms with van der Waals surface area (Å²) in [5.41, 5.74) is 2.07. The Hall–Kier alpha value is -2.47. The molecule has 174 valence electrons. The Labute approximate surface area is 188 Å². The predicted molar refractivity (Wildman–Crippen MR) is 122 cm³/mol. The van der Waals surface area contributed by atoms with Crippen LogP contribution in [0.25, 0.3) is 0 Å². The third kappa shape index (κ3) is 6.06. The van der Waals surface area contributed by atoms with E-state index < -0.39 is 26.0 Å². The number of amides is 1. The quantitative estimate of drug-likeness (QED) is 0.589. The minimum atomic E-state index is -3.77. The highest BCUT2D eigenvalue weighted by Crippen LogP contribution is 2.21. The Morgan fingerprint density at radius 2 is 1.66 bits per heavy atom. The molecular formula is C21H27N3O6S2. The number of nitrogens with one attached hydrogen (secondary N) is 2. The van der Waals surface area contributed by atoms with E-state index in [1.165, 1.54) is 28.6 Å². The molecule has 2 N–H and O–H groups in total. The number of carbonyl (C=O) groups excluding carboxylic acids is 1. The summed E-state index contributed by atoms with van der Waals surface area (Å²) in [7, 11) is -7.23. The second kappa shape index (κ2) is 9.99. The van der Waals surface area contributed by atoms with Crippen LogP contribution in [0, 0.1) is 13.8 Å². The average molecular weight is 482 g/mol. The van der Waals surface area contributed by atoms with Crippen LogP contribution in [-0.2, 0) is 24.8 Å². The van der Waals surface area contributed by atoms with Gasteiger partial charge in [0.25, 0.3) is 15.9 Å². The smallest absolute Gasteiger partial charge is 0.262 e. The fourth-order valence-corrected chi connectivity index (χ4v) is 5.96. The maximum absolute atomic E-state index is 12.7. The van der Waals surface area contributed by atoms with Crippen molar-refractivity contribution in [3.8, 4) is 0 Å². The van der Waals surface area contributed by atoms with Crippen molar-refractivity contribution in [1.29, 1.82) is 0 Å². The molecule has 9 nitrogen and oxygen atoms in total. The molecule has 3 rings (SSSR count). The van der Waals surface area contributed by atoms with Gasteiger partial charge in [-0.05, 0) is 55.3 Å². The minimum absolute atomic E-state index is 0.0282. The fourth-order valence-electron chi connectivity index (χ4n) is 3.25. The molecule has 0 saturated carbocycles. The number of sulfonamides is 2. The summed E-state index contributed by atoms with van der Waals surface area (Å²) in [6, 6.07) is 11.1. The van der Waals surface area contributed by atoms with Gasteiger partial charge in [0.1, 0.15) is 0 Å². The maximum atomic E-state index is 12.7. The van der Waals surface area contributed by atoms with E-state index in [1.807, 2.05) is 13.0 Å². The Bertz CT molecular complexity index is 1170. The van der Waals surface area contributed by atoms with Crippen LogP contribution in [0.4, 0.5) is 5.69 Å². The van der Waals surface area contributed by atoms with Crippen molar-refractivity contribution in [2.75, 3.05) is 43.3 Å². The standard InChI is InChI=1S/C21H27N3O6S2/c1-16-3-4-17(2)20(15-16)32(28,29)23-19-7-5-18(6-8-19)21(25)22-9-14-31(26,27)24-10-12-30-13-11-24/h3-8,15,23H,9-14H2,1-2H3,(H,22,25). The molecule has 11 heteroatoms. The monoisotopic (exact) mass is 481 g/mol. The zero-order valence-corrected chi connectivity index (χ0v) is 19.6. The lowest BCUT2D eigenvalue weighted by molar-refractivity contribution is 0.0730. The first-order chi connectivity index (χ1) is 15.1. The molecule has 1 aliphatic rings. The zero-order valence-electron chi connectivity index (χ0n) is 18.0. The topological polar surface area (TPSA) is 122 Å². The summed E-state index contributed by atoms with van der Waals surface area (Å²) >= 11 is 0. The largest absolute Gasteiger partial charge is 0.379 e. The molecular weight excluding hydrogens is 454 g/mol. The maximum Gasteiger partial charge on any atom is 0.262 e. The van der Waals surface area contributed by atoms with Crippen molar-refractivity contribution >= 4 is 31.6 Å². The Balaban J connectivity index is 1.58. The van der Waals surface area contributed by atoms with Gasteiger partial charge in [0.2, 0.25) is 10.0 Å². The molecule has 0 unspecified atom stereocenters. The first-order valence-electron chi connectivity index (χ1n) is 10.1. The summed E-state index contributed by atoms with van der Waals surface area (Å²) in [5, 5.41) is 2.59. The number of hydrogen-bond acceptors (Lipinski definition) is 6. The normalized spacial score (nSPS) is 15.3. The Kier molecular flexibility index (Phi) is 7.55. The lowest BCUT2D eigenvalue weighted by Gasteiger charge is -2.26. The van der Waals surface area contributed by atoms with Crippen molar-refractivity contribution in [2.45, 2.75) is 18.7 Å². The molecule has 1 saturated heterocycles. The molecule has 1 fully saturated rings. The number of ether oxygens (including phenoxy) is 1. The molecule has 0 aliphatic carbocycles. The van der Waals surface area contributed by atoms with E-state index in [0.29, 0.717) is 43.1 Å². The van der Waals surface area contributed by atoms with E-state index in [2.05, 4.69) is 10.0 Å². The van der Waals surface area contributed by atoms with Crippen molar-refractivity contribution in [2.24, 2.45) is 0 Å². The first-order valence-corrected chi connectivity index (χ1v) is 13.2. The summed E-state index contributed by atoms with van der Waals surface area (Å²) in [4.78, 5) is 12.5. The Morgan fingerprint density at radius 1 is 1.00 bits per heavy atom. The van der Waals surface area contributed by atoms with Gasteiger partial charge < -0.3 is 10.1 Å². The molecule has 1 amide bonds. The van der Waals surface area contributed by atoms with Gasteiger partial charge in [-0.1, -0.05) is 12.1 Å². The van der Waals surface area contributed by atoms with E-state index in [0.717, 1.165) is 5.56 Å². The van der Waals surface area contributed by atoms with Gasteiger partial charge in [-0.15, -0.1) is 0 Å². The molecule has 2 aromatic rings. The van der Waals surface area contributed by atoms with Crippen LogP contribution < -0.4 is 10.0 Å². The number of benzene rings is 2. The van der Waals surface area contributed by atoms with E-state index in [1.54, 1.807) is 19.1 Å². The van der Waals surface area contributed by atoms with Crippen LogP contribution >= 0.6 is 0 Å². The number of morpholine rings is 1. The van der Waals surface area contributed by atoms with Crippen LogP contribution in [0.3, 0.4) is 0 Å². The molecule has 0 aromatic heterocycles. The van der Waals surface area contributed by atoms with Crippen LogP contribution in [0.2, 0.25) is 0 Å². The molecule has 1 heterocycles. The number of aryl methyl sites for hydroxylation is 2. The van der Waals surface area contributed by atoms with E-state index >= 15 is 0 Å². The molecule has 0 bridgehead atoms. The zero-order chi connectivity index (χ0) is 23.4. The highest BCUT2D eigenvalue weighted by molar-refractivity contribution is 7.92. The van der Waals surface area contributed by atoms with E-state index in [-0.39, 0.29) is 17.2 Å². The highest BCUT2D eigenvalue weighted by Gasteiger charge is 2.24. The predicted octanol–water partition coefficient (Wildman–Crippen LogP) is 1.50. The Morgan fingerprint density at radius 3 is 2.31 bits per heavy atom. The third-order valence-electron chi connectivity index (χ3n) is 5.04. The van der Waals surface area contributed by atoms with Crippen LogP contribution in [0.5, 0.6) is 0 Å². The fraction of sp³-hybridized carbons (Fsp3) is 0.381. The number of carbonyl (C=O) groups is 1. The second-order valence-corrected chi connectivity index (χ2v) is 11.3. The van der Waals surface area contributed by atoms with Crippen LogP contribution in [0.1, 0.15) is 21.5 Å². The molecule has 0 spiro atoms. The van der Waals surface area contributed by atoms with Crippen molar-refractivity contribution in [3.63, 3.8) is 0 Å². The molecule has 1 aliphatic heterocycles. The van der Waals surface area contributed by atoms with Crippen molar-refractivity contribution < 1.29 is 26.4 Å². The number of rotatable bonds is 8. The first kappa shape index (κ1) is 24.2. The van der Waals surface area contributed by atoms with Crippen LogP contribution in [0.15, 0.2) is 47.4 Å². The van der Waals surface area contributed by atoms with E-state index in [4.69, 9.17) is 4.74 Å². The number of hydrogen-bond donors (Lipinski definition) is 2. The highest BCUT2D eigenvalue weighted by atomic mass is 32.2. The van der Waals surface area contributed by atoms with Gasteiger partial charge in [-0.3, -0.25) is 9.52 Å². The van der Waals surface area contributed by atoms with Gasteiger partial charge in [-0.2, -0.15) is 4.31 Å². The molecule has 0 atom stereocenters. The van der Waals surface area contributed by atoms with Gasteiger partial charge in [0.15, 0.2) is 0 Å². The van der Waals surface area contributed by atoms with Gasteiger partial charge in [-0.25, -0.2) is 16.8 Å². The van der Waals surface area contributed by atoms with Gasteiger partial charge in [0, 0.05) is 30.9 Å². The summed E-state index contributed by atoms with van der Waals surface area (Å²) in [6.45, 7) is 4.88. The van der Waals surface area contributed by atoms with Gasteiger partial charge in [0.05, 0.1) is 23.9 Å². The average Bonchev–Trinajstić information content (AvgIpc) is 2.76. The van der Waals surface area contributed by atoms with Gasteiger partial charge >= 0.3 is 0 Å². The van der Waals surface area contributed by atoms with Crippen molar-refractivity contribution in [1.82, 2.24) is 9.62 Å². The SMILES string of the molecule is Cc1ccc(C)c(S(=O)(=O)Nc2ccc(C(=O)NCCS(=O)(=O)N3CCOCC3)cc2)c1. The lowest BCUT2D eigenvalue weighted by Crippen LogP contribution is -2.43. The number of anilines is 1. The summed E-state index contributed by atoms with van der Waals surface area (Å²) < 4.78 is 59.0. The minimum Gasteiger partial charge on any atom is -0.379 e.